The summed E-state index contributed by atoms with van der Waals surface area (Å²) in [5, 5.41) is 15.8. The van der Waals surface area contributed by atoms with E-state index in [1.54, 1.807) is 7.11 Å². The van der Waals surface area contributed by atoms with Crippen LogP contribution in [0.5, 0.6) is 28.7 Å². The lowest BCUT2D eigenvalue weighted by Gasteiger charge is -2.22. The predicted octanol–water partition coefficient (Wildman–Crippen LogP) is 29.6. The van der Waals surface area contributed by atoms with Crippen LogP contribution in [-0.2, 0) is 17.6 Å². The summed E-state index contributed by atoms with van der Waals surface area (Å²) in [5.41, 5.74) is 15.4. The molecule has 590 valence electrons. The molecule has 0 amide bonds. The molecule has 0 saturated carbocycles. The third-order valence-corrected chi connectivity index (χ3v) is 23.0. The Morgan fingerprint density at radius 1 is 0.316 bits per heavy atom. The largest absolute Gasteiger partial charge is 0.494 e. The van der Waals surface area contributed by atoms with E-state index in [1.807, 2.05) is 6.07 Å². The number of ether oxygens (including phenoxy) is 6. The van der Waals surface area contributed by atoms with E-state index in [9.17, 15) is 0 Å². The van der Waals surface area contributed by atoms with E-state index in [4.69, 9.17) is 34.8 Å². The maximum absolute atomic E-state index is 7.18. The van der Waals surface area contributed by atoms with Crippen molar-refractivity contribution in [2.75, 3.05) is 33.5 Å². The second-order valence-electron chi connectivity index (χ2n) is 31.5. The van der Waals surface area contributed by atoms with Crippen molar-refractivity contribution in [1.29, 1.82) is 0 Å². The summed E-state index contributed by atoms with van der Waals surface area (Å²) in [4.78, 5) is 0. The van der Waals surface area contributed by atoms with E-state index in [1.165, 1.54) is 158 Å². The summed E-state index contributed by atoms with van der Waals surface area (Å²) in [7, 11) is 1.73. The lowest BCUT2D eigenvalue weighted by molar-refractivity contribution is 0.0486. The molecule has 0 aliphatic heterocycles. The van der Waals surface area contributed by atoms with E-state index in [-0.39, 0.29) is 6.61 Å². The van der Waals surface area contributed by atoms with Crippen LogP contribution in [0.25, 0.3) is 131 Å². The molecular formula is C111H110O6. The van der Waals surface area contributed by atoms with Gasteiger partial charge in [-0.25, -0.2) is 0 Å². The van der Waals surface area contributed by atoms with Gasteiger partial charge in [0.15, 0.2) is 6.10 Å². The zero-order valence-electron chi connectivity index (χ0n) is 69.4. The number of benzene rings is 14. The van der Waals surface area contributed by atoms with Gasteiger partial charge in [0.05, 0.1) is 19.8 Å². The third-order valence-electron chi connectivity index (χ3n) is 23.0. The molecule has 0 fully saturated rings. The maximum Gasteiger partial charge on any atom is 0.156 e. The molecule has 0 N–H and O–H groups in total. The Morgan fingerprint density at radius 2 is 0.761 bits per heavy atom. The van der Waals surface area contributed by atoms with Crippen LogP contribution in [0.4, 0.5) is 0 Å². The summed E-state index contributed by atoms with van der Waals surface area (Å²) < 4.78 is 39.6. The van der Waals surface area contributed by atoms with Crippen LogP contribution in [0.1, 0.15) is 173 Å². The quantitative estimate of drug-likeness (QED) is 0.0217. The summed E-state index contributed by atoms with van der Waals surface area (Å²) in [6, 6.07) is 85.2. The summed E-state index contributed by atoms with van der Waals surface area (Å²) in [6.45, 7) is 13.1. The zero-order chi connectivity index (χ0) is 80.5. The minimum absolute atomic E-state index is 0.237. The fourth-order valence-corrected chi connectivity index (χ4v) is 17.0. The second kappa shape index (κ2) is 41.1. The van der Waals surface area contributed by atoms with E-state index in [2.05, 4.69) is 301 Å². The van der Waals surface area contributed by atoms with Gasteiger partial charge in [0, 0.05) is 24.9 Å². The smallest absolute Gasteiger partial charge is 0.156 e. The standard InChI is InChI=1S/C111H110O6/c1-8-13-18-23-26-31-66-113-92-59-63-101-104(73-92)109(89-54-52-85-69-79(6)42-45-86(85)70-89)100-62-58-93(114-67-32-27-24-19-14-9-2)74-105(100)110(101)90-55-53-88-72-91(57-56-87(88)71-90)116-78-96(77-112-7)117-95-61-65-103-106(76-95)108(84-50-48-82(49-51-84)81-46-43-80(44-47-81)36-29-21-16-11-4)102-64-60-94(115-68-33-28-25-20-15-10-3)75-107(102)111(103)99-41-35-39-97-83(37-30-22-17-12-5)38-34-40-98(97)99/h1,34-35,38-65,69-76,96H,9-12,14-17,19-22,24-25,27-30,32-33,36-37,67-68,77-78H2,2-7H3. The average Bonchev–Trinajstić information content (AvgIpc) is 0.729. The second-order valence-corrected chi connectivity index (χ2v) is 31.5. The van der Waals surface area contributed by atoms with Gasteiger partial charge in [-0.3, -0.25) is 0 Å². The van der Waals surface area contributed by atoms with Crippen LogP contribution in [0.3, 0.4) is 0 Å². The fraction of sp³-hybridized carbons (Fsp3) is 0.297. The summed E-state index contributed by atoms with van der Waals surface area (Å²) in [5.74, 6) is 19.4. The third kappa shape index (κ3) is 20.3. The van der Waals surface area contributed by atoms with Gasteiger partial charge in [-0.15, -0.1) is 6.42 Å². The molecule has 0 heterocycles. The van der Waals surface area contributed by atoms with Crippen molar-refractivity contribution in [3.63, 3.8) is 0 Å². The highest BCUT2D eigenvalue weighted by Crippen LogP contribution is 2.50. The number of aryl methyl sites for hydroxylation is 3. The first kappa shape index (κ1) is 81.7. The first-order chi connectivity index (χ1) is 57.7. The number of hydrogen-bond acceptors (Lipinski definition) is 6. The van der Waals surface area contributed by atoms with Crippen LogP contribution in [0, 0.1) is 55.0 Å². The van der Waals surface area contributed by atoms with Crippen molar-refractivity contribution in [1.82, 2.24) is 0 Å². The Balaban J connectivity index is 0.820. The molecule has 14 aromatic carbocycles. The first-order valence-corrected chi connectivity index (χ1v) is 43.2. The molecule has 0 aliphatic rings. The molecular weight excluding hydrogens is 1430 g/mol. The molecule has 6 heteroatoms. The van der Waals surface area contributed by atoms with Crippen LogP contribution in [0.2, 0.25) is 0 Å². The SMILES string of the molecule is C#CC#CC#CC#COc1ccc2c(-c3ccc4cc(OCC(COC)Oc5ccc6c(-c7cccc8c(CCCCCC)cccc78)c7cc(OCCCCCCCC)ccc7c(-c7ccc(-c8ccc(CCCCCC)cc8)cc7)c6c5)ccc4c3)c3cc(OCCCCCCCC)ccc3c(-c3ccc4cc(C)ccc4c3)c2c1. The van der Waals surface area contributed by atoms with E-state index < -0.39 is 6.10 Å². The Kier molecular flexibility index (Phi) is 28.7. The van der Waals surface area contributed by atoms with Crippen molar-refractivity contribution in [2.45, 2.75) is 182 Å². The number of fused-ring (bicyclic) bond motifs is 7. The van der Waals surface area contributed by atoms with Crippen molar-refractivity contribution in [2.24, 2.45) is 0 Å². The molecule has 1 unspecified atom stereocenters. The minimum Gasteiger partial charge on any atom is -0.494 e. The Morgan fingerprint density at radius 3 is 1.38 bits per heavy atom. The summed E-state index contributed by atoms with van der Waals surface area (Å²) >= 11 is 0. The van der Waals surface area contributed by atoms with Gasteiger partial charge in [0.1, 0.15) is 41.5 Å². The molecule has 0 aliphatic carbocycles. The lowest BCUT2D eigenvalue weighted by atomic mass is 9.83. The molecule has 14 rings (SSSR count). The normalized spacial score (nSPS) is 11.5. The van der Waals surface area contributed by atoms with Crippen molar-refractivity contribution in [3.8, 4) is 132 Å². The van der Waals surface area contributed by atoms with Gasteiger partial charge in [0.25, 0.3) is 0 Å². The van der Waals surface area contributed by atoms with Gasteiger partial charge < -0.3 is 28.4 Å². The van der Waals surface area contributed by atoms with Gasteiger partial charge in [-0.05, 0) is 284 Å². The molecule has 0 saturated heterocycles. The monoisotopic (exact) mass is 1540 g/mol. The van der Waals surface area contributed by atoms with Crippen LogP contribution in [0.15, 0.2) is 231 Å². The van der Waals surface area contributed by atoms with Gasteiger partial charge >= 0.3 is 0 Å². The van der Waals surface area contributed by atoms with E-state index >= 15 is 0 Å². The highest BCUT2D eigenvalue weighted by Gasteiger charge is 2.24. The molecule has 6 nitrogen and oxygen atoms in total. The number of unbranched alkanes of at least 4 members (excludes halogenated alkanes) is 16. The number of terminal acetylenes is 1. The van der Waals surface area contributed by atoms with E-state index in [0.29, 0.717) is 25.6 Å². The Bertz CT molecular complexity index is 6040. The van der Waals surface area contributed by atoms with Crippen molar-refractivity contribution in [3.05, 3.63) is 247 Å². The molecule has 117 heavy (non-hydrogen) atoms. The number of methoxy groups -OCH3 is 1. The molecule has 14 aromatic rings. The van der Waals surface area contributed by atoms with Crippen LogP contribution < -0.4 is 23.7 Å². The van der Waals surface area contributed by atoms with Crippen molar-refractivity contribution >= 4 is 75.4 Å². The van der Waals surface area contributed by atoms with Crippen molar-refractivity contribution < 1.29 is 28.4 Å². The Hall–Kier alpha value is -11.9. The highest BCUT2D eigenvalue weighted by molar-refractivity contribution is 6.25. The van der Waals surface area contributed by atoms with E-state index in [0.717, 1.165) is 154 Å². The zero-order valence-corrected chi connectivity index (χ0v) is 69.4. The van der Waals surface area contributed by atoms with Crippen LogP contribution in [-0.4, -0.2) is 39.6 Å². The Labute approximate surface area is 694 Å². The predicted molar refractivity (Wildman–Crippen MR) is 495 cm³/mol. The molecule has 1 atom stereocenters. The van der Waals surface area contributed by atoms with Gasteiger partial charge in [-0.1, -0.05) is 288 Å². The fourth-order valence-electron chi connectivity index (χ4n) is 17.0. The molecule has 0 aromatic heterocycles. The maximum atomic E-state index is 7.18. The average molecular weight is 1540 g/mol. The van der Waals surface area contributed by atoms with Crippen LogP contribution >= 0.6 is 0 Å². The minimum atomic E-state index is -0.468. The molecule has 0 radical (unpaired) electrons. The molecule has 0 spiro atoms. The van der Waals surface area contributed by atoms with Gasteiger partial charge in [0.2, 0.25) is 0 Å². The topological polar surface area (TPSA) is 55.4 Å². The van der Waals surface area contributed by atoms with Gasteiger partial charge in [-0.2, -0.15) is 0 Å². The first-order valence-electron chi connectivity index (χ1n) is 43.2. The highest BCUT2D eigenvalue weighted by atomic mass is 16.6. The number of hydrogen-bond donors (Lipinski definition) is 0. The summed E-state index contributed by atoms with van der Waals surface area (Å²) in [6.07, 6.45) is 34.0. The number of rotatable bonds is 39. The lowest BCUT2D eigenvalue weighted by Crippen LogP contribution is -2.29. The molecule has 0 bridgehead atoms.